The quantitative estimate of drug-likeness (QED) is 0.417. The van der Waals surface area contributed by atoms with Crippen LogP contribution in [0.4, 0.5) is 0 Å². The highest BCUT2D eigenvalue weighted by Crippen LogP contribution is 2.11. The fourth-order valence-corrected chi connectivity index (χ4v) is 1.88. The Hall–Kier alpha value is -2.37. The number of hydrazone groups is 1. The van der Waals surface area contributed by atoms with Crippen molar-refractivity contribution >= 4 is 18.0 Å². The summed E-state index contributed by atoms with van der Waals surface area (Å²) >= 11 is 0. The van der Waals surface area contributed by atoms with Gasteiger partial charge in [-0.3, -0.25) is 9.59 Å². The van der Waals surface area contributed by atoms with E-state index in [4.69, 9.17) is 0 Å². The number of nitrogens with zero attached hydrogens (tertiary/aromatic N) is 1. The highest BCUT2D eigenvalue weighted by molar-refractivity contribution is 6.00. The Morgan fingerprint density at radius 1 is 1.53 bits per heavy atom. The number of rotatable bonds is 3. The van der Waals surface area contributed by atoms with Gasteiger partial charge in [-0.15, -0.1) is 0 Å². The van der Waals surface area contributed by atoms with Crippen LogP contribution in [0.5, 0.6) is 5.75 Å². The Morgan fingerprint density at radius 2 is 2.37 bits per heavy atom. The molecule has 0 bridgehead atoms. The molecular weight excluding hydrogens is 246 g/mol. The van der Waals surface area contributed by atoms with E-state index in [1.165, 1.54) is 12.3 Å². The summed E-state index contributed by atoms with van der Waals surface area (Å²) in [5, 5.41) is 15.7. The molecule has 0 radical (unpaired) electrons. The molecule has 0 aliphatic carbocycles. The van der Waals surface area contributed by atoms with E-state index in [-0.39, 0.29) is 11.7 Å². The molecule has 1 fully saturated rings. The summed E-state index contributed by atoms with van der Waals surface area (Å²) in [6, 6.07) is 6.47. The van der Waals surface area contributed by atoms with E-state index < -0.39 is 11.8 Å². The fraction of sp³-hybridized carbons (Fsp3) is 0.308. The predicted molar refractivity (Wildman–Crippen MR) is 69.6 cm³/mol. The van der Waals surface area contributed by atoms with Crippen LogP contribution in [0.3, 0.4) is 0 Å². The third kappa shape index (κ3) is 3.54. The van der Waals surface area contributed by atoms with Gasteiger partial charge in [-0.2, -0.15) is 5.10 Å². The van der Waals surface area contributed by atoms with E-state index in [1.54, 1.807) is 18.2 Å². The number of amides is 2. The number of nitrogens with one attached hydrogen (secondary N) is 2. The summed E-state index contributed by atoms with van der Waals surface area (Å²) in [6.45, 7) is 0.620. The van der Waals surface area contributed by atoms with Crippen LogP contribution in [0.25, 0.3) is 0 Å². The number of benzene rings is 1. The summed E-state index contributed by atoms with van der Waals surface area (Å²) in [5.74, 6) is -1.21. The first-order chi connectivity index (χ1) is 9.16. The molecule has 1 atom stereocenters. The van der Waals surface area contributed by atoms with Crippen LogP contribution in [0.2, 0.25) is 0 Å². The van der Waals surface area contributed by atoms with Gasteiger partial charge in [0.15, 0.2) is 0 Å². The molecule has 2 rings (SSSR count). The second-order valence-electron chi connectivity index (χ2n) is 4.32. The van der Waals surface area contributed by atoms with Gasteiger partial charge in [-0.05, 0) is 30.5 Å². The van der Waals surface area contributed by atoms with Crippen molar-refractivity contribution in [1.82, 2.24) is 10.7 Å². The Bertz CT molecular complexity index is 514. The molecule has 3 N–H and O–H groups in total. The van der Waals surface area contributed by atoms with Crippen molar-refractivity contribution in [2.75, 3.05) is 6.54 Å². The lowest BCUT2D eigenvalue weighted by molar-refractivity contribution is -0.136. The Morgan fingerprint density at radius 3 is 3.11 bits per heavy atom. The van der Waals surface area contributed by atoms with Crippen LogP contribution in [0.1, 0.15) is 18.4 Å². The van der Waals surface area contributed by atoms with Crippen molar-refractivity contribution < 1.29 is 14.7 Å². The predicted octanol–water partition coefficient (Wildman–Crippen LogP) is 0.369. The molecule has 1 aliphatic heterocycles. The summed E-state index contributed by atoms with van der Waals surface area (Å²) in [4.78, 5) is 23.2. The summed E-state index contributed by atoms with van der Waals surface area (Å²) in [6.07, 6.45) is 2.75. The van der Waals surface area contributed by atoms with Crippen LogP contribution in [0.15, 0.2) is 29.4 Å². The number of phenols is 1. The molecule has 2 amide bonds. The molecule has 1 aliphatic rings. The lowest BCUT2D eigenvalue weighted by Crippen LogP contribution is -2.43. The second kappa shape index (κ2) is 5.99. The zero-order chi connectivity index (χ0) is 13.7. The molecule has 1 aromatic rings. The largest absolute Gasteiger partial charge is 0.508 e. The topological polar surface area (TPSA) is 90.8 Å². The van der Waals surface area contributed by atoms with Gasteiger partial charge in [0.05, 0.1) is 6.21 Å². The van der Waals surface area contributed by atoms with Crippen LogP contribution in [-0.2, 0) is 9.59 Å². The lowest BCUT2D eigenvalue weighted by atomic mass is 9.98. The summed E-state index contributed by atoms with van der Waals surface area (Å²) in [7, 11) is 0. The van der Waals surface area contributed by atoms with E-state index >= 15 is 0 Å². The monoisotopic (exact) mass is 261 g/mol. The number of hydrogen-bond donors (Lipinski definition) is 3. The molecule has 0 spiro atoms. The first kappa shape index (κ1) is 13.1. The second-order valence-corrected chi connectivity index (χ2v) is 4.32. The maximum Gasteiger partial charge on any atom is 0.252 e. The van der Waals surface area contributed by atoms with Crippen LogP contribution < -0.4 is 10.7 Å². The Kier molecular flexibility index (Phi) is 4.12. The zero-order valence-corrected chi connectivity index (χ0v) is 10.3. The van der Waals surface area contributed by atoms with E-state index in [2.05, 4.69) is 15.8 Å². The van der Waals surface area contributed by atoms with Crippen molar-refractivity contribution in [3.05, 3.63) is 29.8 Å². The van der Waals surface area contributed by atoms with Crippen LogP contribution >= 0.6 is 0 Å². The van der Waals surface area contributed by atoms with Crippen molar-refractivity contribution in [3.63, 3.8) is 0 Å². The van der Waals surface area contributed by atoms with Crippen LogP contribution in [0, 0.1) is 5.92 Å². The highest BCUT2D eigenvalue weighted by Gasteiger charge is 2.28. The van der Waals surface area contributed by atoms with Gasteiger partial charge < -0.3 is 10.4 Å². The third-order valence-electron chi connectivity index (χ3n) is 2.86. The van der Waals surface area contributed by atoms with Gasteiger partial charge in [0.2, 0.25) is 5.91 Å². The number of carbonyl (C=O) groups is 2. The number of phenolic OH excluding ortho intramolecular Hbond substituents is 1. The highest BCUT2D eigenvalue weighted by atomic mass is 16.3. The molecule has 1 unspecified atom stereocenters. The minimum atomic E-state index is -0.671. The minimum Gasteiger partial charge on any atom is -0.508 e. The van der Waals surface area contributed by atoms with Gasteiger partial charge in [-0.1, -0.05) is 12.1 Å². The molecule has 6 heteroatoms. The van der Waals surface area contributed by atoms with Gasteiger partial charge in [0.25, 0.3) is 5.91 Å². The number of hydrogen-bond acceptors (Lipinski definition) is 4. The first-order valence-corrected chi connectivity index (χ1v) is 6.06. The molecule has 6 nitrogen and oxygen atoms in total. The zero-order valence-electron chi connectivity index (χ0n) is 10.3. The standard InChI is InChI=1S/C13H15N3O3/c17-10-4-1-3-9(7-10)8-15-16-13(19)11-5-2-6-14-12(11)18/h1,3-4,7-8,11,17H,2,5-6H2,(H,14,18)(H,16,19). The van der Waals surface area contributed by atoms with Gasteiger partial charge in [0.1, 0.15) is 11.7 Å². The Labute approximate surface area is 110 Å². The van der Waals surface area contributed by atoms with Crippen molar-refractivity contribution in [1.29, 1.82) is 0 Å². The number of piperidine rings is 1. The number of aromatic hydroxyl groups is 1. The first-order valence-electron chi connectivity index (χ1n) is 6.06. The lowest BCUT2D eigenvalue weighted by Gasteiger charge is -2.19. The third-order valence-corrected chi connectivity index (χ3v) is 2.86. The smallest absolute Gasteiger partial charge is 0.252 e. The Balaban J connectivity index is 1.91. The molecule has 0 saturated carbocycles. The fourth-order valence-electron chi connectivity index (χ4n) is 1.88. The average molecular weight is 261 g/mol. The van der Waals surface area contributed by atoms with Gasteiger partial charge in [-0.25, -0.2) is 5.43 Å². The SMILES string of the molecule is O=C1NCCCC1C(=O)NN=Cc1cccc(O)c1. The van der Waals surface area contributed by atoms with E-state index in [1.807, 2.05) is 0 Å². The minimum absolute atomic E-state index is 0.127. The van der Waals surface area contributed by atoms with Gasteiger partial charge >= 0.3 is 0 Å². The molecule has 0 aromatic heterocycles. The number of carbonyl (C=O) groups excluding carboxylic acids is 2. The molecule has 1 heterocycles. The van der Waals surface area contributed by atoms with Crippen molar-refractivity contribution in [3.8, 4) is 5.75 Å². The molecule has 19 heavy (non-hydrogen) atoms. The molecule has 100 valence electrons. The maximum absolute atomic E-state index is 11.7. The molecular formula is C13H15N3O3. The summed E-state index contributed by atoms with van der Waals surface area (Å²) in [5.41, 5.74) is 3.00. The molecule has 1 aromatic carbocycles. The summed E-state index contributed by atoms with van der Waals surface area (Å²) < 4.78 is 0. The van der Waals surface area contributed by atoms with Crippen molar-refractivity contribution in [2.45, 2.75) is 12.8 Å². The van der Waals surface area contributed by atoms with E-state index in [0.717, 1.165) is 6.42 Å². The normalized spacial score (nSPS) is 19.2. The van der Waals surface area contributed by atoms with Crippen molar-refractivity contribution in [2.24, 2.45) is 11.0 Å². The van der Waals surface area contributed by atoms with Crippen LogP contribution in [-0.4, -0.2) is 29.7 Å². The molecule has 1 saturated heterocycles. The van der Waals surface area contributed by atoms with E-state index in [0.29, 0.717) is 18.5 Å². The average Bonchev–Trinajstić information content (AvgIpc) is 2.39. The maximum atomic E-state index is 11.7. The van der Waals surface area contributed by atoms with E-state index in [9.17, 15) is 14.7 Å². The van der Waals surface area contributed by atoms with Gasteiger partial charge in [0, 0.05) is 6.54 Å².